The number of aliphatic hydroxyl groups excluding tert-OH is 1. The lowest BCUT2D eigenvalue weighted by Crippen LogP contribution is -2.09. The molecule has 0 saturated heterocycles. The van der Waals surface area contributed by atoms with Gasteiger partial charge in [0.15, 0.2) is 0 Å². The van der Waals surface area contributed by atoms with E-state index in [1.54, 1.807) is 18.2 Å². The summed E-state index contributed by atoms with van der Waals surface area (Å²) in [6.07, 6.45) is 7.72. The summed E-state index contributed by atoms with van der Waals surface area (Å²) in [6, 6.07) is 21.6. The van der Waals surface area contributed by atoms with Crippen LogP contribution in [0.15, 0.2) is 128 Å². The van der Waals surface area contributed by atoms with E-state index in [0.717, 1.165) is 40.0 Å². The molecule has 290 valence electrons. The Morgan fingerprint density at radius 2 is 1.24 bits per heavy atom. The highest BCUT2D eigenvalue weighted by molar-refractivity contribution is 5.92. The van der Waals surface area contributed by atoms with Gasteiger partial charge >= 0.3 is 17.9 Å². The van der Waals surface area contributed by atoms with Gasteiger partial charge in [-0.2, -0.15) is 4.39 Å². The highest BCUT2D eigenvalue weighted by Gasteiger charge is 2.10. The third-order valence-electron chi connectivity index (χ3n) is 7.47. The van der Waals surface area contributed by atoms with Crippen LogP contribution < -0.4 is 9.47 Å². The zero-order chi connectivity index (χ0) is 40.5. The van der Waals surface area contributed by atoms with Crippen molar-refractivity contribution in [3.8, 4) is 33.8 Å². The number of methoxy groups -OCH3 is 2. The molecule has 0 amide bonds. The molecule has 0 aliphatic rings. The van der Waals surface area contributed by atoms with Gasteiger partial charge in [0, 0.05) is 0 Å². The fourth-order valence-electron chi connectivity index (χ4n) is 4.09. The Bertz CT molecular complexity index is 1710. The van der Waals surface area contributed by atoms with Gasteiger partial charge in [-0.05, 0) is 83.5 Å². The number of benzene rings is 3. The normalized spacial score (nSPS) is 10.1. The number of aryl methyl sites for hydroxylation is 1. The number of hydrogen-bond donors (Lipinski definition) is 1. The average Bonchev–Trinajstić information content (AvgIpc) is 3.20. The van der Waals surface area contributed by atoms with E-state index in [4.69, 9.17) is 24.1 Å². The Morgan fingerprint density at radius 3 is 1.72 bits per heavy atom. The van der Waals surface area contributed by atoms with E-state index < -0.39 is 23.7 Å². The lowest BCUT2D eigenvalue weighted by atomic mass is 9.98. The molecule has 3 aromatic rings. The summed E-state index contributed by atoms with van der Waals surface area (Å²) in [5, 5.41) is 8.24. The van der Waals surface area contributed by atoms with Crippen LogP contribution in [0.1, 0.15) is 52.0 Å². The minimum absolute atomic E-state index is 0.0764. The smallest absolute Gasteiger partial charge is 0.366 e. The largest absolute Gasteiger partial charge is 0.497 e. The summed E-state index contributed by atoms with van der Waals surface area (Å²) < 4.78 is 37.8. The molecule has 0 saturated carbocycles. The lowest BCUT2D eigenvalue weighted by molar-refractivity contribution is -0.141. The van der Waals surface area contributed by atoms with Crippen LogP contribution in [0.2, 0.25) is 0 Å². The topological polar surface area (TPSA) is 118 Å². The van der Waals surface area contributed by atoms with Gasteiger partial charge in [0.2, 0.25) is 5.83 Å². The first-order chi connectivity index (χ1) is 25.8. The van der Waals surface area contributed by atoms with Crippen molar-refractivity contribution in [2.45, 2.75) is 52.9 Å². The first kappa shape index (κ1) is 46.3. The minimum Gasteiger partial charge on any atom is -0.497 e. The van der Waals surface area contributed by atoms with E-state index in [-0.39, 0.29) is 24.4 Å². The van der Waals surface area contributed by atoms with Gasteiger partial charge in [0.25, 0.3) is 0 Å². The van der Waals surface area contributed by atoms with Crippen molar-refractivity contribution in [3.63, 3.8) is 0 Å². The van der Waals surface area contributed by atoms with E-state index in [1.807, 2.05) is 36.4 Å². The molecule has 1 N–H and O–H groups in total. The van der Waals surface area contributed by atoms with Gasteiger partial charge in [-0.25, -0.2) is 14.4 Å². The summed E-state index contributed by atoms with van der Waals surface area (Å²) in [5.74, 6) is -1.59. The highest BCUT2D eigenvalue weighted by atomic mass is 19.1. The number of rotatable bonds is 18. The fourth-order valence-corrected chi connectivity index (χ4v) is 4.09. The summed E-state index contributed by atoms with van der Waals surface area (Å²) in [4.78, 5) is 33.6. The molecule has 0 aliphatic carbocycles. The molecule has 0 aromatic heterocycles. The number of carbonyl (C=O) groups excluding carboxylic acids is 3. The Hall–Kier alpha value is -5.74. The van der Waals surface area contributed by atoms with Crippen molar-refractivity contribution >= 4 is 17.9 Å². The minimum atomic E-state index is -1.09. The number of ether oxygens (including phenoxy) is 5. The first-order valence-corrected chi connectivity index (χ1v) is 17.5. The molecular weight excluding hydrogens is 691 g/mol. The Labute approximate surface area is 319 Å². The number of allylic oxidation sites excluding steroid dienone is 1. The van der Waals surface area contributed by atoms with E-state index in [1.165, 1.54) is 33.1 Å². The molecule has 9 nitrogen and oxygen atoms in total. The second-order valence-electron chi connectivity index (χ2n) is 11.5. The van der Waals surface area contributed by atoms with Crippen LogP contribution in [-0.4, -0.2) is 57.1 Å². The summed E-state index contributed by atoms with van der Waals surface area (Å²) in [6.45, 7) is 20.2. The Kier molecular flexibility index (Phi) is 22.4. The van der Waals surface area contributed by atoms with Gasteiger partial charge < -0.3 is 28.8 Å². The van der Waals surface area contributed by atoms with E-state index in [0.29, 0.717) is 31.0 Å². The first-order valence-electron chi connectivity index (χ1n) is 17.5. The molecule has 10 heteroatoms. The number of aliphatic hydroxyl groups is 1. The number of halogens is 1. The number of hydrogen-bond acceptors (Lipinski definition) is 9. The molecule has 3 rings (SSSR count). The maximum Gasteiger partial charge on any atom is 0.366 e. The molecule has 3 aromatic carbocycles. The van der Waals surface area contributed by atoms with Gasteiger partial charge in [-0.3, -0.25) is 0 Å². The maximum atomic E-state index is 12.6. The second-order valence-corrected chi connectivity index (χ2v) is 11.5. The quantitative estimate of drug-likeness (QED) is 0.0339. The SMILES string of the molecule is C=C(/C=C\C(=C)C(=O)Oc1ccc(-c2ccc(-c3ccc(OCCCCOC(=O)C(=C)F)c(CC)c3)cc2)cc1)OC.C=C(CO)C(=O)OC.CCCC. The van der Waals surface area contributed by atoms with Crippen molar-refractivity contribution in [2.24, 2.45) is 0 Å². The molecule has 0 spiro atoms. The monoisotopic (exact) mass is 744 g/mol. The Morgan fingerprint density at radius 1 is 0.704 bits per heavy atom. The lowest BCUT2D eigenvalue weighted by Gasteiger charge is -2.13. The maximum absolute atomic E-state index is 12.6. The van der Waals surface area contributed by atoms with Crippen LogP contribution in [0, 0.1) is 0 Å². The van der Waals surface area contributed by atoms with Crippen molar-refractivity contribution in [3.05, 3.63) is 133 Å². The molecule has 0 fully saturated rings. The van der Waals surface area contributed by atoms with Crippen LogP contribution in [0.3, 0.4) is 0 Å². The van der Waals surface area contributed by atoms with Crippen molar-refractivity contribution in [1.82, 2.24) is 0 Å². The fraction of sp³-hybridized carbons (Fsp3) is 0.295. The van der Waals surface area contributed by atoms with Crippen LogP contribution in [0.25, 0.3) is 22.3 Å². The molecule has 0 bridgehead atoms. The predicted octanol–water partition coefficient (Wildman–Crippen LogP) is 9.46. The third-order valence-corrected chi connectivity index (χ3v) is 7.47. The molecule has 0 unspecified atom stereocenters. The van der Waals surface area contributed by atoms with Crippen LogP contribution in [0.4, 0.5) is 4.39 Å². The molecular formula is C44H53FO9. The molecule has 54 heavy (non-hydrogen) atoms. The van der Waals surface area contributed by atoms with Crippen LogP contribution >= 0.6 is 0 Å². The van der Waals surface area contributed by atoms with Crippen LogP contribution in [-0.2, 0) is 35.0 Å². The van der Waals surface area contributed by atoms with Gasteiger partial charge in [0.1, 0.15) is 17.3 Å². The highest BCUT2D eigenvalue weighted by Crippen LogP contribution is 2.30. The molecule has 0 aliphatic heterocycles. The van der Waals surface area contributed by atoms with Crippen molar-refractivity contribution < 1.29 is 47.6 Å². The standard InChI is InChI=1S/C35H35FO6.C5H8O3.C4H10/c1-6-27-23-31(17-20-33(27)40-21-7-8-22-41-35(38)26(4)36)30-13-11-28(12-14-30)29-15-18-32(19-16-29)42-34(37)24(2)9-10-25(3)39-5;1-4(3-6)5(7)8-2;1-3-4-2/h9-20,23H,2-4,6-8,21-22H2,1,5H3;6H,1,3H2,2H3;3-4H2,1-2H3/b10-9-;;. The van der Waals surface area contributed by atoms with Gasteiger partial charge in [-0.15, -0.1) is 0 Å². The summed E-state index contributed by atoms with van der Waals surface area (Å²) >= 11 is 0. The van der Waals surface area contributed by atoms with Gasteiger partial charge in [-0.1, -0.05) is 102 Å². The number of carbonyl (C=O) groups is 3. The third kappa shape index (κ3) is 17.2. The predicted molar refractivity (Wildman–Crippen MR) is 212 cm³/mol. The average molecular weight is 745 g/mol. The summed E-state index contributed by atoms with van der Waals surface area (Å²) in [7, 11) is 2.73. The van der Waals surface area contributed by atoms with E-state index >= 15 is 0 Å². The number of esters is 3. The van der Waals surface area contributed by atoms with Crippen LogP contribution in [0.5, 0.6) is 11.5 Å². The van der Waals surface area contributed by atoms with E-state index in [9.17, 15) is 18.8 Å². The molecule has 0 radical (unpaired) electrons. The molecule has 0 atom stereocenters. The zero-order valence-electron chi connectivity index (χ0n) is 32.1. The van der Waals surface area contributed by atoms with Crippen molar-refractivity contribution in [2.75, 3.05) is 34.0 Å². The summed E-state index contributed by atoms with van der Waals surface area (Å²) in [5.41, 5.74) is 5.51. The number of unbranched alkanes of at least 4 members (excludes halogenated alkanes) is 2. The second kappa shape index (κ2) is 26.1. The molecule has 0 heterocycles. The Balaban J connectivity index is 0.00000105. The van der Waals surface area contributed by atoms with Crippen molar-refractivity contribution in [1.29, 1.82) is 0 Å². The van der Waals surface area contributed by atoms with E-state index in [2.05, 4.69) is 70.0 Å². The zero-order valence-corrected chi connectivity index (χ0v) is 32.1. The van der Waals surface area contributed by atoms with Gasteiger partial charge in [0.05, 0.1) is 45.2 Å².